The van der Waals surface area contributed by atoms with Gasteiger partial charge in [0.15, 0.2) is 17.2 Å². The van der Waals surface area contributed by atoms with Crippen LogP contribution in [-0.2, 0) is 9.53 Å². The van der Waals surface area contributed by atoms with E-state index in [-0.39, 0.29) is 17.5 Å². The first-order valence-corrected chi connectivity index (χ1v) is 10.4. The SMILES string of the molecule is CCOc1c([C@H]2[C@@H](C)C(C)(C(F)(F)F)O[C@H]2C(=O)N=c2ccn(O)c(C(N)=O)c2)ccc(F)c1F. The van der Waals surface area contributed by atoms with Crippen molar-refractivity contribution in [1.82, 2.24) is 4.73 Å². The second-order valence-electron chi connectivity index (χ2n) is 8.10. The highest BCUT2D eigenvalue weighted by Gasteiger charge is 2.65. The second-order valence-corrected chi connectivity index (χ2v) is 8.10. The topological polar surface area (TPSA) is 116 Å². The van der Waals surface area contributed by atoms with Gasteiger partial charge in [0.2, 0.25) is 5.82 Å². The summed E-state index contributed by atoms with van der Waals surface area (Å²) >= 11 is 0. The van der Waals surface area contributed by atoms with Gasteiger partial charge in [-0.3, -0.25) is 9.59 Å². The number of carbonyl (C=O) groups is 2. The summed E-state index contributed by atoms with van der Waals surface area (Å²) in [4.78, 5) is 28.3. The lowest BCUT2D eigenvalue weighted by molar-refractivity contribution is -0.272. The summed E-state index contributed by atoms with van der Waals surface area (Å²) in [5.74, 6) is -8.46. The Bertz CT molecular complexity index is 1230. The van der Waals surface area contributed by atoms with Crippen molar-refractivity contribution >= 4 is 11.8 Å². The zero-order valence-electron chi connectivity index (χ0n) is 18.8. The highest BCUT2D eigenvalue weighted by Crippen LogP contribution is 2.55. The number of nitrogens with two attached hydrogens (primary N) is 1. The maximum atomic E-state index is 14.5. The minimum Gasteiger partial charge on any atom is -0.490 e. The number of alkyl halides is 3. The number of benzene rings is 1. The number of hydrogen-bond acceptors (Lipinski definition) is 5. The molecular formula is C22H22F5N3O5. The molecule has 1 aromatic heterocycles. The van der Waals surface area contributed by atoms with Crippen LogP contribution in [0.15, 0.2) is 35.5 Å². The fourth-order valence-corrected chi connectivity index (χ4v) is 4.04. The summed E-state index contributed by atoms with van der Waals surface area (Å²) in [5, 5.41) is 9.42. The minimum absolute atomic E-state index is 0.129. The third-order valence-electron chi connectivity index (χ3n) is 6.05. The van der Waals surface area contributed by atoms with Gasteiger partial charge in [-0.15, -0.1) is 0 Å². The van der Waals surface area contributed by atoms with Gasteiger partial charge >= 0.3 is 6.18 Å². The van der Waals surface area contributed by atoms with Crippen LogP contribution in [0.1, 0.15) is 42.7 Å². The summed E-state index contributed by atoms with van der Waals surface area (Å²) in [6.07, 6.45) is -5.86. The Balaban J connectivity index is 2.19. The lowest BCUT2D eigenvalue weighted by atomic mass is 9.77. The van der Waals surface area contributed by atoms with Gasteiger partial charge in [0.1, 0.15) is 11.8 Å². The number of carbonyl (C=O) groups excluding carboxylic acids is 2. The molecule has 1 fully saturated rings. The molecule has 1 aliphatic heterocycles. The number of amides is 2. The van der Waals surface area contributed by atoms with Gasteiger partial charge in [-0.25, -0.2) is 9.38 Å². The van der Waals surface area contributed by atoms with Crippen LogP contribution in [0.5, 0.6) is 5.75 Å². The molecule has 4 atom stereocenters. The fourth-order valence-electron chi connectivity index (χ4n) is 4.04. The van der Waals surface area contributed by atoms with Crippen molar-refractivity contribution in [2.75, 3.05) is 6.61 Å². The number of hydrogen-bond donors (Lipinski definition) is 2. The van der Waals surface area contributed by atoms with Gasteiger partial charge < -0.3 is 20.4 Å². The number of ether oxygens (including phenoxy) is 2. The predicted octanol–water partition coefficient (Wildman–Crippen LogP) is 3.07. The van der Waals surface area contributed by atoms with E-state index in [9.17, 15) is 36.7 Å². The second kappa shape index (κ2) is 9.29. The lowest BCUT2D eigenvalue weighted by Crippen LogP contribution is -2.47. The van der Waals surface area contributed by atoms with E-state index in [4.69, 9.17) is 15.2 Å². The highest BCUT2D eigenvalue weighted by atomic mass is 19.4. The van der Waals surface area contributed by atoms with Crippen molar-refractivity contribution in [3.05, 3.63) is 58.7 Å². The van der Waals surface area contributed by atoms with Crippen LogP contribution in [-0.4, -0.2) is 46.2 Å². The van der Waals surface area contributed by atoms with Crippen LogP contribution >= 0.6 is 0 Å². The minimum atomic E-state index is -4.93. The summed E-state index contributed by atoms with van der Waals surface area (Å²) in [6, 6.07) is 3.81. The molecule has 0 spiro atoms. The van der Waals surface area contributed by atoms with Gasteiger partial charge in [0.25, 0.3) is 11.8 Å². The standard InChI is InChI=1S/C22H22F5N3O5/c1-4-34-17-12(5-6-13(23)16(17)24)15-10(2)21(3,22(25,26)27)35-18(15)20(32)29-11-7-8-30(33)14(9-11)19(28)31/h5-10,15,18,33H,4H2,1-3H3,(H2,28,31)/t10-,15-,18-,21?/m1/s1. The summed E-state index contributed by atoms with van der Waals surface area (Å²) in [5.41, 5.74) is 1.65. The predicted molar refractivity (Wildman–Crippen MR) is 109 cm³/mol. The molecule has 190 valence electrons. The number of rotatable bonds is 5. The van der Waals surface area contributed by atoms with Crippen LogP contribution in [0, 0.1) is 17.6 Å². The van der Waals surface area contributed by atoms with E-state index in [1.165, 1.54) is 13.8 Å². The molecule has 0 aliphatic carbocycles. The summed E-state index contributed by atoms with van der Waals surface area (Å²) in [6.45, 7) is 3.26. The highest BCUT2D eigenvalue weighted by molar-refractivity contribution is 5.91. The average molecular weight is 503 g/mol. The average Bonchev–Trinajstić information content (AvgIpc) is 3.05. The Morgan fingerprint density at radius 2 is 1.94 bits per heavy atom. The molecule has 1 aliphatic rings. The van der Waals surface area contributed by atoms with Gasteiger partial charge in [-0.1, -0.05) is 13.0 Å². The van der Waals surface area contributed by atoms with Gasteiger partial charge in [0.05, 0.1) is 12.0 Å². The molecule has 1 aromatic carbocycles. The number of halogens is 5. The molecule has 0 bridgehead atoms. The molecule has 0 radical (unpaired) electrons. The summed E-state index contributed by atoms with van der Waals surface area (Å²) in [7, 11) is 0. The van der Waals surface area contributed by atoms with E-state index in [1.54, 1.807) is 0 Å². The van der Waals surface area contributed by atoms with E-state index in [0.717, 1.165) is 37.4 Å². The van der Waals surface area contributed by atoms with E-state index in [0.29, 0.717) is 4.73 Å². The zero-order valence-corrected chi connectivity index (χ0v) is 18.8. The van der Waals surface area contributed by atoms with Crippen LogP contribution < -0.4 is 15.8 Å². The van der Waals surface area contributed by atoms with Crippen molar-refractivity contribution in [3.8, 4) is 5.75 Å². The van der Waals surface area contributed by atoms with Crippen LogP contribution in [0.25, 0.3) is 0 Å². The first-order valence-electron chi connectivity index (χ1n) is 10.4. The quantitative estimate of drug-likeness (QED) is 0.481. The van der Waals surface area contributed by atoms with Crippen LogP contribution in [0.4, 0.5) is 22.0 Å². The molecule has 2 amide bonds. The molecule has 2 aromatic rings. The molecule has 35 heavy (non-hydrogen) atoms. The molecule has 13 heteroatoms. The normalized spacial score (nSPS) is 25.0. The van der Waals surface area contributed by atoms with Gasteiger partial charge in [0, 0.05) is 23.6 Å². The molecule has 2 heterocycles. The first kappa shape index (κ1) is 26.1. The number of aromatic nitrogens is 1. The van der Waals surface area contributed by atoms with E-state index < -0.39 is 64.6 Å². The molecule has 1 unspecified atom stereocenters. The molecule has 8 nitrogen and oxygen atoms in total. The Kier molecular flexibility index (Phi) is 6.93. The van der Waals surface area contributed by atoms with Gasteiger partial charge in [-0.05, 0) is 32.0 Å². The fraction of sp³-hybridized carbons (Fsp3) is 0.409. The Labute approximate surface area is 195 Å². The number of pyridine rings is 1. The van der Waals surface area contributed by atoms with Crippen LogP contribution in [0.3, 0.4) is 0 Å². The third-order valence-corrected chi connectivity index (χ3v) is 6.05. The van der Waals surface area contributed by atoms with Crippen molar-refractivity contribution < 1.29 is 46.2 Å². The van der Waals surface area contributed by atoms with Gasteiger partial charge in [-0.2, -0.15) is 22.3 Å². The molecule has 3 rings (SSSR count). The molecule has 1 saturated heterocycles. The Morgan fingerprint density at radius 1 is 1.29 bits per heavy atom. The van der Waals surface area contributed by atoms with Crippen molar-refractivity contribution in [1.29, 1.82) is 0 Å². The molecular weight excluding hydrogens is 481 g/mol. The molecule has 3 N–H and O–H groups in total. The lowest BCUT2D eigenvalue weighted by Gasteiger charge is -2.32. The van der Waals surface area contributed by atoms with Crippen LogP contribution in [0.2, 0.25) is 0 Å². The van der Waals surface area contributed by atoms with Crippen molar-refractivity contribution in [2.45, 2.75) is 44.6 Å². The Hall–Kier alpha value is -3.48. The number of primary amides is 1. The first-order chi connectivity index (χ1) is 16.2. The van der Waals surface area contributed by atoms with Crippen molar-refractivity contribution in [2.24, 2.45) is 16.6 Å². The van der Waals surface area contributed by atoms with Crippen molar-refractivity contribution in [3.63, 3.8) is 0 Å². The largest absolute Gasteiger partial charge is 0.490 e. The molecule has 0 saturated carbocycles. The Morgan fingerprint density at radius 3 is 2.51 bits per heavy atom. The maximum Gasteiger partial charge on any atom is 0.417 e. The van der Waals surface area contributed by atoms with E-state index in [1.807, 2.05) is 0 Å². The monoisotopic (exact) mass is 503 g/mol. The number of nitrogens with zero attached hydrogens (tertiary/aromatic N) is 2. The zero-order chi connectivity index (χ0) is 26.3. The smallest absolute Gasteiger partial charge is 0.417 e. The summed E-state index contributed by atoms with van der Waals surface area (Å²) < 4.78 is 81.3. The third kappa shape index (κ3) is 4.59. The van der Waals surface area contributed by atoms with E-state index in [2.05, 4.69) is 4.99 Å². The maximum absolute atomic E-state index is 14.5. The van der Waals surface area contributed by atoms with E-state index >= 15 is 0 Å².